The van der Waals surface area contributed by atoms with E-state index in [4.69, 9.17) is 9.47 Å². The molecule has 102 valence electrons. The van der Waals surface area contributed by atoms with Gasteiger partial charge in [-0.1, -0.05) is 6.07 Å². The van der Waals surface area contributed by atoms with Crippen LogP contribution in [0.15, 0.2) is 24.4 Å². The van der Waals surface area contributed by atoms with Crippen molar-refractivity contribution < 1.29 is 14.6 Å². The first-order chi connectivity index (χ1) is 9.13. The maximum Gasteiger partial charge on any atom is 0.160 e. The lowest BCUT2D eigenvalue weighted by atomic mass is 10.1. The Bertz CT molecular complexity index is 551. The average molecular weight is 279 g/mol. The molecule has 2 rings (SSSR count). The van der Waals surface area contributed by atoms with Crippen molar-refractivity contribution in [3.8, 4) is 11.5 Å². The van der Waals surface area contributed by atoms with Gasteiger partial charge in [-0.2, -0.15) is 0 Å². The fourth-order valence-electron chi connectivity index (χ4n) is 1.76. The van der Waals surface area contributed by atoms with Gasteiger partial charge in [0.25, 0.3) is 0 Å². The van der Waals surface area contributed by atoms with Crippen LogP contribution in [0.5, 0.6) is 11.5 Å². The number of aliphatic hydroxyl groups is 1. The summed E-state index contributed by atoms with van der Waals surface area (Å²) in [5, 5.41) is 10.5. The molecule has 0 aliphatic carbocycles. The number of thiazole rings is 1. The van der Waals surface area contributed by atoms with E-state index in [-0.39, 0.29) is 0 Å². The Hall–Kier alpha value is -1.59. The summed E-state index contributed by atoms with van der Waals surface area (Å²) in [7, 11) is 3.24. The van der Waals surface area contributed by atoms with Crippen molar-refractivity contribution in [1.29, 1.82) is 0 Å². The fraction of sp³-hybridized carbons (Fsp3) is 0.357. The molecule has 0 bridgehead atoms. The Morgan fingerprint density at radius 3 is 2.58 bits per heavy atom. The number of ether oxygens (including phenoxy) is 2. The Morgan fingerprint density at radius 2 is 2.00 bits per heavy atom. The maximum atomic E-state index is 9.49. The van der Waals surface area contributed by atoms with Crippen LogP contribution in [-0.2, 0) is 6.42 Å². The molecule has 5 heteroatoms. The van der Waals surface area contributed by atoms with E-state index < -0.39 is 6.10 Å². The van der Waals surface area contributed by atoms with Crippen LogP contribution in [0, 0.1) is 0 Å². The molecular weight excluding hydrogens is 262 g/mol. The first-order valence-corrected chi connectivity index (χ1v) is 6.79. The van der Waals surface area contributed by atoms with Crippen LogP contribution in [0.2, 0.25) is 0 Å². The van der Waals surface area contributed by atoms with Gasteiger partial charge in [0.05, 0.1) is 30.2 Å². The van der Waals surface area contributed by atoms with E-state index in [0.717, 1.165) is 27.6 Å². The van der Waals surface area contributed by atoms with Gasteiger partial charge in [-0.05, 0) is 24.6 Å². The third kappa shape index (κ3) is 3.24. The summed E-state index contributed by atoms with van der Waals surface area (Å²) in [6, 6.07) is 5.82. The molecule has 19 heavy (non-hydrogen) atoms. The lowest BCUT2D eigenvalue weighted by Gasteiger charge is -2.08. The summed E-state index contributed by atoms with van der Waals surface area (Å²) >= 11 is 1.53. The Morgan fingerprint density at radius 1 is 1.26 bits per heavy atom. The number of nitrogens with zero attached hydrogens (tertiary/aromatic N) is 1. The predicted octanol–water partition coefficient (Wildman–Crippen LogP) is 2.80. The zero-order valence-corrected chi connectivity index (χ0v) is 12.0. The molecule has 0 radical (unpaired) electrons. The molecule has 1 unspecified atom stereocenters. The summed E-state index contributed by atoms with van der Waals surface area (Å²) in [5.74, 6) is 1.43. The van der Waals surface area contributed by atoms with E-state index in [1.807, 2.05) is 18.2 Å². The number of aromatic nitrogens is 1. The predicted molar refractivity (Wildman–Crippen MR) is 75.1 cm³/mol. The monoisotopic (exact) mass is 279 g/mol. The van der Waals surface area contributed by atoms with Gasteiger partial charge in [-0.25, -0.2) is 4.98 Å². The molecule has 0 spiro atoms. The minimum absolute atomic E-state index is 0.461. The number of benzene rings is 1. The summed E-state index contributed by atoms with van der Waals surface area (Å²) in [6.07, 6.45) is 1.99. The molecule has 1 heterocycles. The van der Waals surface area contributed by atoms with Crippen LogP contribution >= 0.6 is 11.3 Å². The van der Waals surface area contributed by atoms with Gasteiger partial charge in [-0.15, -0.1) is 11.3 Å². The van der Waals surface area contributed by atoms with Crippen LogP contribution in [0.3, 0.4) is 0 Å². The topological polar surface area (TPSA) is 51.6 Å². The molecular formula is C14H17NO3S. The Labute approximate surface area is 116 Å². The lowest BCUT2D eigenvalue weighted by Crippen LogP contribution is -1.93. The van der Waals surface area contributed by atoms with Gasteiger partial charge >= 0.3 is 0 Å². The minimum atomic E-state index is -0.461. The summed E-state index contributed by atoms with van der Waals surface area (Å²) in [6.45, 7) is 1.74. The minimum Gasteiger partial charge on any atom is -0.493 e. The first kappa shape index (κ1) is 13.8. The summed E-state index contributed by atoms with van der Waals surface area (Å²) in [4.78, 5) is 5.20. The quantitative estimate of drug-likeness (QED) is 0.914. The van der Waals surface area contributed by atoms with Crippen LogP contribution in [0.1, 0.15) is 28.5 Å². The fourth-order valence-corrected chi connectivity index (χ4v) is 2.66. The van der Waals surface area contributed by atoms with Crippen molar-refractivity contribution in [3.05, 3.63) is 39.8 Å². The van der Waals surface area contributed by atoms with Gasteiger partial charge in [-0.3, -0.25) is 0 Å². The second-order valence-corrected chi connectivity index (χ2v) is 5.35. The molecule has 0 fully saturated rings. The van der Waals surface area contributed by atoms with Gasteiger partial charge < -0.3 is 14.6 Å². The number of hydrogen-bond acceptors (Lipinski definition) is 5. The zero-order valence-electron chi connectivity index (χ0n) is 11.2. The van der Waals surface area contributed by atoms with E-state index in [2.05, 4.69) is 4.98 Å². The van der Waals surface area contributed by atoms with Gasteiger partial charge in [0.15, 0.2) is 11.5 Å². The van der Waals surface area contributed by atoms with Crippen molar-refractivity contribution in [3.63, 3.8) is 0 Å². The Balaban J connectivity index is 2.18. The number of aliphatic hydroxyl groups excluding tert-OH is 1. The van der Waals surface area contributed by atoms with Gasteiger partial charge in [0.1, 0.15) is 0 Å². The van der Waals surface area contributed by atoms with E-state index >= 15 is 0 Å². The van der Waals surface area contributed by atoms with E-state index in [1.165, 1.54) is 11.3 Å². The highest BCUT2D eigenvalue weighted by atomic mass is 32.1. The number of methoxy groups -OCH3 is 2. The zero-order chi connectivity index (χ0) is 13.8. The molecule has 2 aromatic rings. The summed E-state index contributed by atoms with van der Waals surface area (Å²) < 4.78 is 10.5. The van der Waals surface area contributed by atoms with Crippen molar-refractivity contribution in [2.24, 2.45) is 0 Å². The maximum absolute atomic E-state index is 9.49. The second-order valence-electron chi connectivity index (χ2n) is 4.20. The molecule has 1 N–H and O–H groups in total. The third-order valence-electron chi connectivity index (χ3n) is 2.79. The molecule has 0 saturated heterocycles. The second kappa shape index (κ2) is 6.04. The van der Waals surface area contributed by atoms with Crippen molar-refractivity contribution in [2.75, 3.05) is 14.2 Å². The number of rotatable bonds is 5. The first-order valence-electron chi connectivity index (χ1n) is 5.97. The van der Waals surface area contributed by atoms with E-state index in [0.29, 0.717) is 5.75 Å². The van der Waals surface area contributed by atoms with Crippen LogP contribution in [0.4, 0.5) is 0 Å². The molecule has 0 aliphatic heterocycles. The lowest BCUT2D eigenvalue weighted by molar-refractivity contribution is 0.203. The highest BCUT2D eigenvalue weighted by Gasteiger charge is 2.09. The highest BCUT2D eigenvalue weighted by Crippen LogP contribution is 2.29. The molecule has 1 aromatic heterocycles. The van der Waals surface area contributed by atoms with Gasteiger partial charge in [0.2, 0.25) is 0 Å². The van der Waals surface area contributed by atoms with Gasteiger partial charge in [0, 0.05) is 12.6 Å². The smallest absolute Gasteiger partial charge is 0.160 e. The molecule has 0 saturated carbocycles. The number of hydrogen-bond donors (Lipinski definition) is 1. The Kier molecular flexibility index (Phi) is 4.39. The standard InChI is InChI=1S/C14H17NO3S/c1-9(16)13-8-15-14(19-13)7-10-4-5-11(17-2)12(6-10)18-3/h4-6,8-9,16H,7H2,1-3H3. The van der Waals surface area contributed by atoms with Crippen molar-refractivity contribution >= 4 is 11.3 Å². The average Bonchev–Trinajstić information content (AvgIpc) is 2.87. The van der Waals surface area contributed by atoms with E-state index in [9.17, 15) is 5.11 Å². The van der Waals surface area contributed by atoms with E-state index in [1.54, 1.807) is 27.3 Å². The summed E-state index contributed by atoms with van der Waals surface area (Å²) in [5.41, 5.74) is 1.10. The van der Waals surface area contributed by atoms with Crippen LogP contribution < -0.4 is 9.47 Å². The molecule has 0 amide bonds. The van der Waals surface area contributed by atoms with Crippen LogP contribution in [0.25, 0.3) is 0 Å². The molecule has 1 aromatic carbocycles. The van der Waals surface area contributed by atoms with Crippen LogP contribution in [-0.4, -0.2) is 24.3 Å². The van der Waals surface area contributed by atoms with Crippen molar-refractivity contribution in [2.45, 2.75) is 19.4 Å². The molecule has 0 aliphatic rings. The molecule has 1 atom stereocenters. The third-order valence-corrected chi connectivity index (χ3v) is 3.95. The highest BCUT2D eigenvalue weighted by molar-refractivity contribution is 7.11. The normalized spacial score (nSPS) is 12.2. The van der Waals surface area contributed by atoms with Crippen molar-refractivity contribution in [1.82, 2.24) is 4.98 Å². The largest absolute Gasteiger partial charge is 0.493 e. The SMILES string of the molecule is COc1ccc(Cc2ncc(C(C)O)s2)cc1OC. The molecule has 4 nitrogen and oxygen atoms in total.